The van der Waals surface area contributed by atoms with Crippen molar-refractivity contribution in [1.29, 1.82) is 0 Å². The average Bonchev–Trinajstić information content (AvgIpc) is 3.26. The number of aryl methyl sites for hydroxylation is 2. The molecule has 2 aliphatic heterocycles. The van der Waals surface area contributed by atoms with Crippen LogP contribution in [0, 0.1) is 11.8 Å². The number of aromatic nitrogens is 1. The zero-order chi connectivity index (χ0) is 24.8. The maximum Gasteiger partial charge on any atom is 0.261 e. The van der Waals surface area contributed by atoms with Crippen LogP contribution in [-0.4, -0.2) is 46.9 Å². The predicted octanol–water partition coefficient (Wildman–Crippen LogP) is 3.64. The molecule has 1 saturated heterocycles. The summed E-state index contributed by atoms with van der Waals surface area (Å²) in [6, 6.07) is 7.71. The van der Waals surface area contributed by atoms with Gasteiger partial charge in [0.2, 0.25) is 0 Å². The van der Waals surface area contributed by atoms with Crippen LogP contribution in [0.25, 0.3) is 0 Å². The van der Waals surface area contributed by atoms with Crippen molar-refractivity contribution in [2.75, 3.05) is 13.1 Å². The fraction of sp³-hybridized carbons (Fsp3) is 0.552. The van der Waals surface area contributed by atoms with Crippen LogP contribution in [0.2, 0.25) is 0 Å². The number of carbonyl (C=O) groups is 2. The van der Waals surface area contributed by atoms with E-state index in [9.17, 15) is 14.4 Å². The molecule has 4 unspecified atom stereocenters. The Bertz CT molecular complexity index is 1250. The third-order valence-corrected chi connectivity index (χ3v) is 8.71. The van der Waals surface area contributed by atoms with Gasteiger partial charge in [0, 0.05) is 36.8 Å². The summed E-state index contributed by atoms with van der Waals surface area (Å²) in [6.45, 7) is 3.57. The Labute approximate surface area is 211 Å². The number of amides is 2. The molecule has 1 saturated carbocycles. The monoisotopic (exact) mass is 489 g/mol. The molecule has 0 bridgehead atoms. The third kappa shape index (κ3) is 4.44. The first kappa shape index (κ1) is 23.3. The lowest BCUT2D eigenvalue weighted by Gasteiger charge is -2.43. The van der Waals surface area contributed by atoms with Crippen molar-refractivity contribution in [2.24, 2.45) is 11.8 Å². The molecule has 4 atom stereocenters. The van der Waals surface area contributed by atoms with E-state index in [1.165, 1.54) is 0 Å². The first-order chi connectivity index (χ1) is 17.4. The normalized spacial score (nSPS) is 26.9. The molecule has 2 aromatic rings. The highest BCUT2D eigenvalue weighted by Crippen LogP contribution is 2.37. The van der Waals surface area contributed by atoms with E-state index in [0.717, 1.165) is 99.0 Å². The number of carbonyl (C=O) groups excluding carboxylic acids is 2. The van der Waals surface area contributed by atoms with Gasteiger partial charge in [-0.3, -0.25) is 14.4 Å². The predicted molar refractivity (Wildman–Crippen MR) is 137 cm³/mol. The molecule has 2 amide bonds. The first-order valence-electron chi connectivity index (χ1n) is 13.6. The maximum atomic E-state index is 13.3. The molecule has 7 nitrogen and oxygen atoms in total. The van der Waals surface area contributed by atoms with Gasteiger partial charge in [-0.1, -0.05) is 0 Å². The topological polar surface area (TPSA) is 91.5 Å². The van der Waals surface area contributed by atoms with E-state index in [1.54, 1.807) is 0 Å². The summed E-state index contributed by atoms with van der Waals surface area (Å²) in [7, 11) is 0. The Hall–Kier alpha value is -3.09. The Morgan fingerprint density at radius 2 is 1.92 bits per heavy atom. The quantitative estimate of drug-likeness (QED) is 0.689. The van der Waals surface area contributed by atoms with E-state index in [0.29, 0.717) is 11.8 Å². The standard InChI is InChI=1S/C29H35N3O4/c1-17-12-22-13-20(7-9-26(22)36-17)29(35)32-11-10-18-14-23(8-6-21(18)16-32)30-27(33)24-15-19-4-2-3-5-25(19)31-28(24)34/h7,9,13,15,17-18,21,23H,2-6,8,10-12,14,16H2,1H3,(H,30,33)(H,31,34). The number of hydrogen-bond acceptors (Lipinski definition) is 4. The maximum absolute atomic E-state index is 13.3. The van der Waals surface area contributed by atoms with Crippen molar-refractivity contribution in [3.63, 3.8) is 0 Å². The lowest BCUT2D eigenvalue weighted by molar-refractivity contribution is 0.0478. The van der Waals surface area contributed by atoms with Crippen LogP contribution in [0.15, 0.2) is 29.1 Å². The summed E-state index contributed by atoms with van der Waals surface area (Å²) in [5.41, 5.74) is 3.94. The molecule has 2 fully saturated rings. The molecule has 0 spiro atoms. The summed E-state index contributed by atoms with van der Waals surface area (Å²) in [5, 5.41) is 3.15. The molecule has 2 aliphatic carbocycles. The summed E-state index contributed by atoms with van der Waals surface area (Å²) in [4.78, 5) is 43.7. The smallest absolute Gasteiger partial charge is 0.261 e. The molecule has 7 heteroatoms. The Morgan fingerprint density at radius 1 is 1.06 bits per heavy atom. The molecule has 190 valence electrons. The van der Waals surface area contributed by atoms with Crippen LogP contribution < -0.4 is 15.6 Å². The molecule has 2 N–H and O–H groups in total. The van der Waals surface area contributed by atoms with Gasteiger partial charge in [0.25, 0.3) is 17.4 Å². The van der Waals surface area contributed by atoms with E-state index < -0.39 is 0 Å². The van der Waals surface area contributed by atoms with Crippen molar-refractivity contribution in [3.8, 4) is 5.75 Å². The minimum Gasteiger partial charge on any atom is -0.490 e. The Kier molecular flexibility index (Phi) is 6.10. The van der Waals surface area contributed by atoms with Gasteiger partial charge in [-0.05, 0) is 106 Å². The highest BCUT2D eigenvalue weighted by atomic mass is 16.5. The van der Waals surface area contributed by atoms with Gasteiger partial charge in [-0.15, -0.1) is 0 Å². The van der Waals surface area contributed by atoms with Crippen LogP contribution >= 0.6 is 0 Å². The van der Waals surface area contributed by atoms with Crippen molar-refractivity contribution >= 4 is 11.8 Å². The molecule has 1 aromatic carbocycles. The Morgan fingerprint density at radius 3 is 2.81 bits per heavy atom. The van der Waals surface area contributed by atoms with Crippen molar-refractivity contribution in [1.82, 2.24) is 15.2 Å². The van der Waals surface area contributed by atoms with Gasteiger partial charge in [0.15, 0.2) is 0 Å². The number of pyridine rings is 1. The van der Waals surface area contributed by atoms with Crippen LogP contribution in [0.4, 0.5) is 0 Å². The number of rotatable bonds is 3. The van der Waals surface area contributed by atoms with Gasteiger partial charge in [0.05, 0.1) is 0 Å². The number of piperidine rings is 1. The SMILES string of the molecule is CC1Cc2cc(C(=O)N3CCC4CC(NC(=O)c5cc6c([nH]c5=O)CCCC6)CCC4C3)ccc2O1. The fourth-order valence-electron chi connectivity index (χ4n) is 6.78. The number of benzene rings is 1. The summed E-state index contributed by atoms with van der Waals surface area (Å²) in [5.74, 6) is 1.70. The lowest BCUT2D eigenvalue weighted by atomic mass is 9.73. The zero-order valence-corrected chi connectivity index (χ0v) is 21.0. The number of fused-ring (bicyclic) bond motifs is 3. The number of aromatic amines is 1. The molecule has 6 rings (SSSR count). The highest BCUT2D eigenvalue weighted by molar-refractivity contribution is 5.95. The number of likely N-dealkylation sites (tertiary alicyclic amines) is 1. The van der Waals surface area contributed by atoms with Crippen LogP contribution in [0.5, 0.6) is 5.75 Å². The summed E-state index contributed by atoms with van der Waals surface area (Å²) >= 11 is 0. The fourth-order valence-corrected chi connectivity index (χ4v) is 6.78. The zero-order valence-electron chi connectivity index (χ0n) is 21.0. The molecule has 0 radical (unpaired) electrons. The number of nitrogens with one attached hydrogen (secondary N) is 2. The highest BCUT2D eigenvalue weighted by Gasteiger charge is 2.37. The third-order valence-electron chi connectivity index (χ3n) is 8.71. The number of nitrogens with zero attached hydrogens (tertiary/aromatic N) is 1. The number of H-pyrrole nitrogens is 1. The first-order valence-corrected chi connectivity index (χ1v) is 13.6. The van der Waals surface area contributed by atoms with E-state index >= 15 is 0 Å². The number of hydrogen-bond donors (Lipinski definition) is 2. The van der Waals surface area contributed by atoms with Crippen molar-refractivity contribution in [3.05, 3.63) is 62.6 Å². The molecular weight excluding hydrogens is 454 g/mol. The molecule has 3 heterocycles. The van der Waals surface area contributed by atoms with Gasteiger partial charge in [0.1, 0.15) is 17.4 Å². The van der Waals surface area contributed by atoms with E-state index in [1.807, 2.05) is 29.2 Å². The van der Waals surface area contributed by atoms with Gasteiger partial charge < -0.3 is 19.9 Å². The van der Waals surface area contributed by atoms with Gasteiger partial charge in [-0.2, -0.15) is 0 Å². The largest absolute Gasteiger partial charge is 0.490 e. The summed E-state index contributed by atoms with van der Waals surface area (Å²) in [6.07, 6.45) is 8.75. The molecular formula is C29H35N3O4. The van der Waals surface area contributed by atoms with Gasteiger partial charge >= 0.3 is 0 Å². The van der Waals surface area contributed by atoms with Crippen LogP contribution in [-0.2, 0) is 19.3 Å². The van der Waals surface area contributed by atoms with E-state index in [4.69, 9.17) is 4.74 Å². The molecule has 1 aromatic heterocycles. The van der Waals surface area contributed by atoms with Crippen molar-refractivity contribution in [2.45, 2.75) is 76.9 Å². The second-order valence-electron chi connectivity index (χ2n) is 11.2. The minimum atomic E-state index is -0.277. The second-order valence-corrected chi connectivity index (χ2v) is 11.2. The average molecular weight is 490 g/mol. The minimum absolute atomic E-state index is 0.0788. The lowest BCUT2D eigenvalue weighted by Crippen LogP contribution is -2.49. The van der Waals surface area contributed by atoms with E-state index in [2.05, 4.69) is 17.2 Å². The van der Waals surface area contributed by atoms with Crippen molar-refractivity contribution < 1.29 is 14.3 Å². The second kappa shape index (κ2) is 9.41. The van der Waals surface area contributed by atoms with E-state index in [-0.39, 0.29) is 35.1 Å². The molecule has 4 aliphatic rings. The molecule has 36 heavy (non-hydrogen) atoms. The van der Waals surface area contributed by atoms with Crippen LogP contribution in [0.1, 0.15) is 83.0 Å². The summed E-state index contributed by atoms with van der Waals surface area (Å²) < 4.78 is 5.78. The number of ether oxygens (including phenoxy) is 1. The van der Waals surface area contributed by atoms with Gasteiger partial charge in [-0.25, -0.2) is 0 Å². The Balaban J connectivity index is 1.06. The van der Waals surface area contributed by atoms with Crippen LogP contribution in [0.3, 0.4) is 0 Å².